The summed E-state index contributed by atoms with van der Waals surface area (Å²) in [4.78, 5) is 36.0. The quantitative estimate of drug-likeness (QED) is 0.110. The van der Waals surface area contributed by atoms with Crippen LogP contribution in [0.1, 0.15) is 35.9 Å². The number of hydrogen-bond acceptors (Lipinski definition) is 6. The molecule has 0 fully saturated rings. The number of nitro groups is 1. The van der Waals surface area contributed by atoms with Gasteiger partial charge in [0, 0.05) is 34.5 Å². The molecule has 0 saturated heterocycles. The first-order valence-corrected chi connectivity index (χ1v) is 12.0. The molecule has 4 rings (SSSR count). The second-order valence-corrected chi connectivity index (χ2v) is 8.47. The van der Waals surface area contributed by atoms with Gasteiger partial charge in [-0.15, -0.1) is 11.6 Å². The predicted octanol–water partition coefficient (Wildman–Crippen LogP) is 6.88. The lowest BCUT2D eigenvalue weighted by molar-refractivity contribution is -0.384. The number of anilines is 2. The zero-order valence-electron chi connectivity index (χ0n) is 19.5. The number of fused-ring (bicyclic) bond motifs is 2. The van der Waals surface area contributed by atoms with Crippen LogP contribution in [0.5, 0.6) is 0 Å². The van der Waals surface area contributed by atoms with Gasteiger partial charge < -0.3 is 14.5 Å². The molecule has 3 aromatic carbocycles. The highest BCUT2D eigenvalue weighted by Gasteiger charge is 2.19. The Kier molecular flexibility index (Phi) is 7.70. The van der Waals surface area contributed by atoms with E-state index >= 15 is 0 Å². The van der Waals surface area contributed by atoms with Crippen molar-refractivity contribution in [1.29, 1.82) is 0 Å². The summed E-state index contributed by atoms with van der Waals surface area (Å²) in [5, 5.41) is 18.7. The Balaban J connectivity index is 1.69. The molecule has 0 spiro atoms. The lowest BCUT2D eigenvalue weighted by Crippen LogP contribution is -2.17. The highest BCUT2D eigenvalue weighted by atomic mass is 35.5. The van der Waals surface area contributed by atoms with E-state index in [0.717, 1.165) is 29.2 Å². The van der Waals surface area contributed by atoms with Crippen LogP contribution in [0.25, 0.3) is 21.7 Å². The van der Waals surface area contributed by atoms with Crippen LogP contribution in [-0.4, -0.2) is 29.4 Å². The molecule has 10 heteroatoms. The molecule has 9 nitrogen and oxygen atoms in total. The van der Waals surface area contributed by atoms with Gasteiger partial charge in [0.05, 0.1) is 17.2 Å². The molecular weight excluding hydrogens is 486 g/mol. The van der Waals surface area contributed by atoms with Crippen LogP contribution in [0.15, 0.2) is 59.0 Å². The molecule has 0 aliphatic heterocycles. The summed E-state index contributed by atoms with van der Waals surface area (Å²) in [5.74, 6) is -0.243. The molecule has 0 unspecified atom stereocenters. The first-order valence-electron chi connectivity index (χ1n) is 11.4. The number of alkyl halides is 1. The fraction of sp³-hybridized carbons (Fsp3) is 0.231. The molecule has 0 atom stereocenters. The van der Waals surface area contributed by atoms with E-state index in [4.69, 9.17) is 20.8 Å². The van der Waals surface area contributed by atoms with Gasteiger partial charge in [-0.05, 0) is 42.0 Å². The van der Waals surface area contributed by atoms with Crippen molar-refractivity contribution in [2.75, 3.05) is 23.1 Å². The zero-order chi connectivity index (χ0) is 25.7. The number of amides is 2. The largest absolute Gasteiger partial charge is 0.451 e. The number of nitro benzene ring substituents is 1. The van der Waals surface area contributed by atoms with Gasteiger partial charge in [0.2, 0.25) is 0 Å². The van der Waals surface area contributed by atoms with Gasteiger partial charge >= 0.3 is 6.09 Å². The molecule has 4 aromatic rings. The van der Waals surface area contributed by atoms with Crippen LogP contribution in [0, 0.1) is 10.1 Å². The number of non-ortho nitro benzene ring substituents is 1. The number of carbonyl (C=O) groups excluding carboxylic acids is 2. The molecule has 1 heterocycles. The number of halogens is 1. The van der Waals surface area contributed by atoms with E-state index in [1.165, 1.54) is 24.3 Å². The van der Waals surface area contributed by atoms with Crippen LogP contribution >= 0.6 is 11.6 Å². The normalized spacial score (nSPS) is 10.9. The lowest BCUT2D eigenvalue weighted by Gasteiger charge is -2.17. The van der Waals surface area contributed by atoms with Crippen molar-refractivity contribution < 1.29 is 23.7 Å². The highest BCUT2D eigenvalue weighted by Crippen LogP contribution is 2.34. The van der Waals surface area contributed by atoms with Crippen LogP contribution < -0.4 is 10.6 Å². The van der Waals surface area contributed by atoms with Crippen LogP contribution in [-0.2, 0) is 11.2 Å². The average molecular weight is 510 g/mol. The number of furan rings is 1. The summed E-state index contributed by atoms with van der Waals surface area (Å²) < 4.78 is 10.9. The summed E-state index contributed by atoms with van der Waals surface area (Å²) >= 11 is 6.07. The number of ether oxygens (including phenoxy) is 1. The smallest absolute Gasteiger partial charge is 0.411 e. The van der Waals surface area contributed by atoms with E-state index < -0.39 is 16.9 Å². The fourth-order valence-electron chi connectivity index (χ4n) is 3.91. The molecule has 2 N–H and O–H groups in total. The Morgan fingerprint density at radius 2 is 1.83 bits per heavy atom. The van der Waals surface area contributed by atoms with Crippen molar-refractivity contribution >= 4 is 62.4 Å². The van der Waals surface area contributed by atoms with E-state index in [-0.39, 0.29) is 11.4 Å². The molecule has 1 aromatic heterocycles. The number of aryl methyl sites for hydroxylation is 1. The summed E-state index contributed by atoms with van der Waals surface area (Å²) in [6.07, 6.45) is 1.53. The van der Waals surface area contributed by atoms with E-state index in [1.54, 1.807) is 6.07 Å². The van der Waals surface area contributed by atoms with Gasteiger partial charge in [0.1, 0.15) is 5.58 Å². The topological polar surface area (TPSA) is 124 Å². The number of nitrogens with one attached hydrogen (secondary N) is 2. The predicted molar refractivity (Wildman–Crippen MR) is 139 cm³/mol. The molecule has 0 aliphatic carbocycles. The molecule has 2 amide bonds. The minimum absolute atomic E-state index is 0.0102. The number of unbranched alkanes of at least 4 members (excludes halogenated alkanes) is 1. The zero-order valence-corrected chi connectivity index (χ0v) is 20.3. The Morgan fingerprint density at radius 1 is 1.06 bits per heavy atom. The minimum atomic E-state index is -0.588. The molecule has 0 radical (unpaired) electrons. The third-order valence-corrected chi connectivity index (χ3v) is 5.84. The summed E-state index contributed by atoms with van der Waals surface area (Å²) in [7, 11) is 0. The maximum atomic E-state index is 13.1. The van der Waals surface area contributed by atoms with Crippen LogP contribution in [0.2, 0.25) is 0 Å². The molecule has 0 saturated carbocycles. The maximum absolute atomic E-state index is 13.1. The molecule has 36 heavy (non-hydrogen) atoms. The van der Waals surface area contributed by atoms with Crippen molar-refractivity contribution in [3.63, 3.8) is 0 Å². The molecular formula is C26H24ClN3O6. The fourth-order valence-corrected chi connectivity index (χ4v) is 4.10. The van der Waals surface area contributed by atoms with E-state index in [1.807, 2.05) is 31.2 Å². The maximum Gasteiger partial charge on any atom is 0.411 e. The number of carbonyl (C=O) groups is 2. The molecule has 0 aliphatic rings. The van der Waals surface area contributed by atoms with Crippen molar-refractivity contribution in [3.8, 4) is 0 Å². The summed E-state index contributed by atoms with van der Waals surface area (Å²) in [5.41, 5.74) is 1.97. The number of hydrogen-bond donors (Lipinski definition) is 2. The van der Waals surface area contributed by atoms with Gasteiger partial charge in [-0.25, -0.2) is 4.79 Å². The molecule has 0 bridgehead atoms. The SMILES string of the molecule is CCCCOC(=O)Nc1cc(NC(=O)c2cc3cc([N+](=O)[O-])ccc3o2)c(CCCl)c2ccccc12. The third-order valence-electron chi connectivity index (χ3n) is 5.65. The highest BCUT2D eigenvalue weighted by molar-refractivity contribution is 6.18. The van der Waals surface area contributed by atoms with Crippen molar-refractivity contribution in [2.24, 2.45) is 0 Å². The van der Waals surface area contributed by atoms with E-state index in [9.17, 15) is 19.7 Å². The monoisotopic (exact) mass is 509 g/mol. The second kappa shape index (κ2) is 11.1. The van der Waals surface area contributed by atoms with E-state index in [0.29, 0.717) is 41.3 Å². The van der Waals surface area contributed by atoms with Crippen LogP contribution in [0.3, 0.4) is 0 Å². The summed E-state index contributed by atoms with van der Waals surface area (Å²) in [6.45, 7) is 2.31. The van der Waals surface area contributed by atoms with Gasteiger partial charge in [-0.2, -0.15) is 0 Å². The Hall–Kier alpha value is -4.11. The Labute approximate surface area is 211 Å². The second-order valence-electron chi connectivity index (χ2n) is 8.09. The summed E-state index contributed by atoms with van der Waals surface area (Å²) in [6, 6.07) is 14.7. The first-order chi connectivity index (χ1) is 17.4. The average Bonchev–Trinajstić information content (AvgIpc) is 3.30. The van der Waals surface area contributed by atoms with Crippen molar-refractivity contribution in [1.82, 2.24) is 0 Å². The first kappa shape index (κ1) is 25.0. The number of benzene rings is 3. The Bertz CT molecular complexity index is 1450. The Morgan fingerprint density at radius 3 is 2.56 bits per heavy atom. The number of rotatable bonds is 9. The third kappa shape index (κ3) is 5.41. The van der Waals surface area contributed by atoms with Crippen molar-refractivity contribution in [3.05, 3.63) is 76.0 Å². The van der Waals surface area contributed by atoms with Crippen LogP contribution in [0.4, 0.5) is 21.9 Å². The molecule has 186 valence electrons. The minimum Gasteiger partial charge on any atom is -0.451 e. The van der Waals surface area contributed by atoms with Gasteiger partial charge in [-0.1, -0.05) is 37.6 Å². The lowest BCUT2D eigenvalue weighted by atomic mass is 9.98. The van der Waals surface area contributed by atoms with Gasteiger partial charge in [0.15, 0.2) is 5.76 Å². The number of nitrogens with zero attached hydrogens (tertiary/aromatic N) is 1. The van der Waals surface area contributed by atoms with Gasteiger partial charge in [0.25, 0.3) is 11.6 Å². The standard InChI is InChI=1S/C26H24ClN3O6/c1-2-3-12-35-26(32)29-22-15-21(20(10-11-27)18-6-4-5-7-19(18)22)28-25(31)24-14-16-13-17(30(33)34)8-9-23(16)36-24/h4-9,13-15H,2-3,10-12H2,1H3,(H,28,31)(H,29,32). The van der Waals surface area contributed by atoms with E-state index in [2.05, 4.69) is 10.6 Å². The van der Waals surface area contributed by atoms with Gasteiger partial charge in [-0.3, -0.25) is 20.2 Å². The van der Waals surface area contributed by atoms with Crippen molar-refractivity contribution in [2.45, 2.75) is 26.2 Å².